The van der Waals surface area contributed by atoms with Crippen molar-refractivity contribution in [1.82, 2.24) is 0 Å². The first-order valence-electron chi connectivity index (χ1n) is 4.60. The van der Waals surface area contributed by atoms with E-state index in [0.717, 1.165) is 23.2 Å². The number of anilines is 1. The number of hydrogen-bond acceptors (Lipinski definition) is 3. The van der Waals surface area contributed by atoms with Gasteiger partial charge in [-0.3, -0.25) is 0 Å². The molecule has 0 atom stereocenters. The van der Waals surface area contributed by atoms with E-state index in [9.17, 15) is 0 Å². The molecule has 0 aliphatic carbocycles. The molecule has 0 unspecified atom stereocenters. The SMILES string of the molecule is CCc1cc(N)c(OC)c2ccsc12. The number of nitrogen functional groups attached to an aromatic ring is 1. The number of rotatable bonds is 2. The minimum Gasteiger partial charge on any atom is -0.494 e. The maximum absolute atomic E-state index is 5.91. The van der Waals surface area contributed by atoms with Gasteiger partial charge in [-0.05, 0) is 29.5 Å². The van der Waals surface area contributed by atoms with E-state index < -0.39 is 0 Å². The van der Waals surface area contributed by atoms with Gasteiger partial charge in [-0.1, -0.05) is 6.92 Å². The molecule has 74 valence electrons. The molecule has 2 aromatic rings. The second kappa shape index (κ2) is 3.50. The lowest BCUT2D eigenvalue weighted by Gasteiger charge is -2.08. The van der Waals surface area contributed by atoms with Crippen molar-refractivity contribution in [3.63, 3.8) is 0 Å². The number of hydrogen-bond donors (Lipinski definition) is 1. The van der Waals surface area contributed by atoms with E-state index in [1.54, 1.807) is 18.4 Å². The lowest BCUT2D eigenvalue weighted by Crippen LogP contribution is -1.94. The molecule has 2 N–H and O–H groups in total. The molecule has 14 heavy (non-hydrogen) atoms. The summed E-state index contributed by atoms with van der Waals surface area (Å²) in [7, 11) is 1.66. The van der Waals surface area contributed by atoms with Crippen molar-refractivity contribution in [2.75, 3.05) is 12.8 Å². The topological polar surface area (TPSA) is 35.2 Å². The van der Waals surface area contributed by atoms with Crippen molar-refractivity contribution in [3.05, 3.63) is 23.1 Å². The Morgan fingerprint density at radius 2 is 2.29 bits per heavy atom. The van der Waals surface area contributed by atoms with Crippen LogP contribution >= 0.6 is 11.3 Å². The molecule has 1 aromatic carbocycles. The Bertz CT molecular complexity index is 462. The molecule has 1 heterocycles. The van der Waals surface area contributed by atoms with Crippen LogP contribution in [-0.2, 0) is 6.42 Å². The van der Waals surface area contributed by atoms with Crippen LogP contribution in [0.1, 0.15) is 12.5 Å². The first kappa shape index (κ1) is 9.34. The van der Waals surface area contributed by atoms with Crippen LogP contribution in [0.5, 0.6) is 5.75 Å². The summed E-state index contributed by atoms with van der Waals surface area (Å²) < 4.78 is 6.59. The fraction of sp³-hybridized carbons (Fsp3) is 0.273. The number of aryl methyl sites for hydroxylation is 1. The Morgan fingerprint density at radius 1 is 1.50 bits per heavy atom. The van der Waals surface area contributed by atoms with Crippen LogP contribution in [0.4, 0.5) is 5.69 Å². The van der Waals surface area contributed by atoms with Gasteiger partial charge in [0.15, 0.2) is 0 Å². The molecule has 0 amide bonds. The van der Waals surface area contributed by atoms with Crippen LogP contribution < -0.4 is 10.5 Å². The quantitative estimate of drug-likeness (QED) is 0.768. The van der Waals surface area contributed by atoms with E-state index in [2.05, 4.69) is 18.4 Å². The van der Waals surface area contributed by atoms with Crippen LogP contribution in [0.2, 0.25) is 0 Å². The van der Waals surface area contributed by atoms with E-state index in [1.165, 1.54) is 10.3 Å². The average molecular weight is 207 g/mol. The molecular formula is C11H13NOS. The van der Waals surface area contributed by atoms with Crippen molar-refractivity contribution >= 4 is 27.1 Å². The van der Waals surface area contributed by atoms with Gasteiger partial charge in [-0.15, -0.1) is 11.3 Å². The number of methoxy groups -OCH3 is 1. The molecule has 0 spiro atoms. The van der Waals surface area contributed by atoms with Gasteiger partial charge < -0.3 is 10.5 Å². The summed E-state index contributed by atoms with van der Waals surface area (Å²) in [5, 5.41) is 3.21. The van der Waals surface area contributed by atoms with E-state index in [0.29, 0.717) is 0 Å². The highest BCUT2D eigenvalue weighted by Crippen LogP contribution is 2.37. The van der Waals surface area contributed by atoms with Gasteiger partial charge in [-0.2, -0.15) is 0 Å². The summed E-state index contributed by atoms with van der Waals surface area (Å²) in [6.07, 6.45) is 1.01. The van der Waals surface area contributed by atoms with Gasteiger partial charge in [0.1, 0.15) is 5.75 Å². The van der Waals surface area contributed by atoms with Crippen LogP contribution in [-0.4, -0.2) is 7.11 Å². The zero-order valence-corrected chi connectivity index (χ0v) is 9.15. The molecule has 2 nitrogen and oxygen atoms in total. The van der Waals surface area contributed by atoms with Crippen molar-refractivity contribution in [3.8, 4) is 5.75 Å². The molecular weight excluding hydrogens is 194 g/mol. The second-order valence-corrected chi connectivity index (χ2v) is 4.09. The highest BCUT2D eigenvalue weighted by atomic mass is 32.1. The first-order chi connectivity index (χ1) is 6.77. The monoisotopic (exact) mass is 207 g/mol. The minimum absolute atomic E-state index is 0.732. The fourth-order valence-corrected chi connectivity index (χ4v) is 2.68. The van der Waals surface area contributed by atoms with E-state index in [4.69, 9.17) is 10.5 Å². The van der Waals surface area contributed by atoms with E-state index in [-0.39, 0.29) is 0 Å². The molecule has 0 saturated carbocycles. The molecule has 0 saturated heterocycles. The van der Waals surface area contributed by atoms with Gasteiger partial charge >= 0.3 is 0 Å². The third kappa shape index (κ3) is 1.24. The number of thiophene rings is 1. The number of nitrogens with two attached hydrogens (primary N) is 1. The summed E-state index contributed by atoms with van der Waals surface area (Å²) in [5.41, 5.74) is 7.94. The van der Waals surface area contributed by atoms with Crippen LogP contribution in [0.3, 0.4) is 0 Å². The summed E-state index contributed by atoms with van der Waals surface area (Å²) in [4.78, 5) is 0. The Labute approximate surface area is 87.3 Å². The van der Waals surface area contributed by atoms with E-state index >= 15 is 0 Å². The third-order valence-corrected chi connectivity index (χ3v) is 3.37. The summed E-state index contributed by atoms with van der Waals surface area (Å²) >= 11 is 1.74. The molecule has 0 fully saturated rings. The van der Waals surface area contributed by atoms with Gasteiger partial charge in [0.25, 0.3) is 0 Å². The largest absolute Gasteiger partial charge is 0.494 e. The van der Waals surface area contributed by atoms with Crippen LogP contribution in [0.25, 0.3) is 10.1 Å². The van der Waals surface area contributed by atoms with Crippen LogP contribution in [0, 0.1) is 0 Å². The second-order valence-electron chi connectivity index (χ2n) is 3.18. The highest BCUT2D eigenvalue weighted by molar-refractivity contribution is 7.17. The summed E-state index contributed by atoms with van der Waals surface area (Å²) in [5.74, 6) is 0.804. The highest BCUT2D eigenvalue weighted by Gasteiger charge is 2.10. The molecule has 2 rings (SSSR count). The van der Waals surface area contributed by atoms with Gasteiger partial charge in [-0.25, -0.2) is 0 Å². The smallest absolute Gasteiger partial charge is 0.150 e. The minimum atomic E-state index is 0.732. The zero-order chi connectivity index (χ0) is 10.1. The predicted octanol–water partition coefficient (Wildman–Crippen LogP) is 3.05. The first-order valence-corrected chi connectivity index (χ1v) is 5.48. The normalized spacial score (nSPS) is 10.7. The molecule has 0 aliphatic rings. The average Bonchev–Trinajstić information content (AvgIpc) is 2.65. The molecule has 0 bridgehead atoms. The van der Waals surface area contributed by atoms with Crippen molar-refractivity contribution in [2.45, 2.75) is 13.3 Å². The Kier molecular flexibility index (Phi) is 2.33. The Balaban J connectivity index is 2.81. The third-order valence-electron chi connectivity index (χ3n) is 2.38. The van der Waals surface area contributed by atoms with Crippen molar-refractivity contribution in [1.29, 1.82) is 0 Å². The standard InChI is InChI=1S/C11H13NOS/c1-3-7-6-9(12)10(13-2)8-4-5-14-11(7)8/h4-6H,3,12H2,1-2H3. The van der Waals surface area contributed by atoms with Crippen molar-refractivity contribution < 1.29 is 4.74 Å². The fourth-order valence-electron chi connectivity index (χ4n) is 1.70. The zero-order valence-electron chi connectivity index (χ0n) is 8.33. The molecule has 0 aliphatic heterocycles. The molecule has 1 aromatic heterocycles. The van der Waals surface area contributed by atoms with Gasteiger partial charge in [0.2, 0.25) is 0 Å². The van der Waals surface area contributed by atoms with Gasteiger partial charge in [0.05, 0.1) is 12.8 Å². The number of benzene rings is 1. The number of ether oxygens (including phenoxy) is 1. The van der Waals surface area contributed by atoms with Crippen molar-refractivity contribution in [2.24, 2.45) is 0 Å². The van der Waals surface area contributed by atoms with E-state index in [1.807, 2.05) is 6.07 Å². The molecule has 0 radical (unpaired) electrons. The predicted molar refractivity (Wildman–Crippen MR) is 62.2 cm³/mol. The Morgan fingerprint density at radius 3 is 2.93 bits per heavy atom. The summed E-state index contributed by atoms with van der Waals surface area (Å²) in [6.45, 7) is 2.14. The summed E-state index contributed by atoms with van der Waals surface area (Å²) in [6, 6.07) is 4.08. The Hall–Kier alpha value is -1.22. The van der Waals surface area contributed by atoms with Crippen LogP contribution in [0.15, 0.2) is 17.5 Å². The maximum atomic E-state index is 5.91. The lowest BCUT2D eigenvalue weighted by atomic mass is 10.1. The van der Waals surface area contributed by atoms with Gasteiger partial charge in [0, 0.05) is 10.1 Å². The molecule has 3 heteroatoms. The lowest BCUT2D eigenvalue weighted by molar-refractivity contribution is 0.422. The number of fused-ring (bicyclic) bond motifs is 1. The maximum Gasteiger partial charge on any atom is 0.150 e.